The monoisotopic (exact) mass is 566 g/mol. The van der Waals surface area contributed by atoms with Gasteiger partial charge in [-0.2, -0.15) is 5.48 Å². The molecular formula is C28H36F2N2O4S2. The predicted molar refractivity (Wildman–Crippen MR) is 149 cm³/mol. The van der Waals surface area contributed by atoms with Crippen molar-refractivity contribution in [3.63, 3.8) is 0 Å². The molecule has 0 saturated heterocycles. The largest absolute Gasteiger partial charge is 0.497 e. The number of rotatable bonds is 13. The number of aliphatic hydroxyl groups is 1. The molecule has 3 aromatic rings. The minimum absolute atomic E-state index is 0.0877. The summed E-state index contributed by atoms with van der Waals surface area (Å²) in [5, 5.41) is 14.5. The zero-order chi connectivity index (χ0) is 28.1. The molecule has 2 unspecified atom stereocenters. The lowest BCUT2D eigenvalue weighted by Crippen LogP contribution is -2.54. The molecule has 3 N–H and O–H groups in total. The molecule has 6 nitrogen and oxygen atoms in total. The number of benzene rings is 3. The third-order valence-corrected chi connectivity index (χ3v) is 7.36. The van der Waals surface area contributed by atoms with Crippen LogP contribution in [0, 0.1) is 11.6 Å². The van der Waals surface area contributed by atoms with Crippen molar-refractivity contribution in [2.24, 2.45) is 0 Å². The second-order valence-corrected chi connectivity index (χ2v) is 10.7. The van der Waals surface area contributed by atoms with Gasteiger partial charge in [-0.15, -0.1) is 0 Å². The molecule has 0 amide bonds. The predicted octanol–water partition coefficient (Wildman–Crippen LogP) is 5.42. The minimum Gasteiger partial charge on any atom is -0.497 e. The molecule has 0 heterocycles. The topological polar surface area (TPSA) is 79.8 Å². The van der Waals surface area contributed by atoms with E-state index in [2.05, 4.69) is 10.8 Å². The number of ether oxygens (including phenoxy) is 1. The molecule has 10 heteroatoms. The highest BCUT2D eigenvalue weighted by Gasteiger charge is 2.33. The van der Waals surface area contributed by atoms with E-state index in [1.54, 1.807) is 44.6 Å². The highest BCUT2D eigenvalue weighted by Crippen LogP contribution is 2.26. The Morgan fingerprint density at radius 3 is 2.37 bits per heavy atom. The summed E-state index contributed by atoms with van der Waals surface area (Å²) in [6, 6.07) is 17.1. The molecule has 0 aliphatic carbocycles. The normalized spacial score (nSPS) is 14.1. The summed E-state index contributed by atoms with van der Waals surface area (Å²) in [4.78, 5) is 1.26. The maximum absolute atomic E-state index is 13.8. The molecule has 0 radical (unpaired) electrons. The molecule has 3 rings (SSSR count). The van der Waals surface area contributed by atoms with Gasteiger partial charge in [-0.25, -0.2) is 13.1 Å². The molecule has 0 fully saturated rings. The molecular weight excluding hydrogens is 530 g/mol. The smallest absolute Gasteiger partial charge is 0.126 e. The van der Waals surface area contributed by atoms with Gasteiger partial charge in [0.15, 0.2) is 0 Å². The van der Waals surface area contributed by atoms with Gasteiger partial charge in [-0.1, -0.05) is 38.1 Å². The zero-order valence-corrected chi connectivity index (χ0v) is 23.9. The summed E-state index contributed by atoms with van der Waals surface area (Å²) < 4.78 is 50.5. The van der Waals surface area contributed by atoms with Crippen LogP contribution >= 0.6 is 12.0 Å². The van der Waals surface area contributed by atoms with Crippen LogP contribution in [0.4, 0.5) is 8.78 Å². The van der Waals surface area contributed by atoms with Crippen molar-refractivity contribution in [3.05, 3.63) is 89.5 Å². The Morgan fingerprint density at radius 2 is 1.71 bits per heavy atom. The Balaban J connectivity index is 0.00000247. The minimum atomic E-state index is -1.38. The van der Waals surface area contributed by atoms with Crippen LogP contribution in [0.5, 0.6) is 5.75 Å². The van der Waals surface area contributed by atoms with E-state index in [4.69, 9.17) is 9.02 Å². The van der Waals surface area contributed by atoms with Crippen LogP contribution in [0.1, 0.15) is 31.9 Å². The van der Waals surface area contributed by atoms with Gasteiger partial charge < -0.3 is 15.2 Å². The lowest BCUT2D eigenvalue weighted by Gasteiger charge is -2.33. The van der Waals surface area contributed by atoms with Crippen LogP contribution in [0.25, 0.3) is 0 Å². The molecule has 0 bridgehead atoms. The number of hydrogen-bond donors (Lipinski definition) is 3. The average molecular weight is 567 g/mol. The molecule has 3 aromatic carbocycles. The fraction of sp³-hybridized carbons (Fsp3) is 0.357. The van der Waals surface area contributed by atoms with Crippen molar-refractivity contribution in [3.8, 4) is 5.75 Å². The highest BCUT2D eigenvalue weighted by atomic mass is 32.2. The third-order valence-electron chi connectivity index (χ3n) is 5.54. The summed E-state index contributed by atoms with van der Waals surface area (Å²) in [5.41, 5.74) is 2.79. The Hall–Kier alpha value is -2.34. The van der Waals surface area contributed by atoms with Crippen molar-refractivity contribution in [2.75, 3.05) is 19.9 Å². The first-order valence-corrected chi connectivity index (χ1v) is 14.5. The number of nitrogens with one attached hydrogen (secondary N) is 2. The van der Waals surface area contributed by atoms with E-state index in [9.17, 15) is 18.1 Å². The second-order valence-electron chi connectivity index (χ2n) is 8.53. The van der Waals surface area contributed by atoms with Crippen molar-refractivity contribution >= 4 is 22.8 Å². The van der Waals surface area contributed by atoms with Gasteiger partial charge >= 0.3 is 0 Å². The van der Waals surface area contributed by atoms with Gasteiger partial charge in [0.2, 0.25) is 0 Å². The second kappa shape index (κ2) is 15.9. The van der Waals surface area contributed by atoms with Gasteiger partial charge in [-0.05, 0) is 60.9 Å². The summed E-state index contributed by atoms with van der Waals surface area (Å²) >= 11 is 0.964. The first-order chi connectivity index (χ1) is 18.2. The quantitative estimate of drug-likeness (QED) is 0.188. The molecule has 0 saturated carbocycles. The maximum atomic E-state index is 13.8. The Labute approximate surface area is 230 Å². The molecule has 0 spiro atoms. The van der Waals surface area contributed by atoms with Crippen molar-refractivity contribution < 1.29 is 27.1 Å². The molecule has 0 aliphatic rings. The third kappa shape index (κ3) is 10.1. The SMILES string of the molecule is CC.COc1cccc(CNCC(C)(O)[C@H](Cc2cc(F)cc(F)c2)NOSc2ccccc2S(C)=O)c1. The first kappa shape index (κ1) is 31.9. The van der Waals surface area contributed by atoms with Gasteiger partial charge in [0.1, 0.15) is 17.4 Å². The van der Waals surface area contributed by atoms with Gasteiger partial charge in [0, 0.05) is 25.4 Å². The van der Waals surface area contributed by atoms with E-state index in [1.165, 1.54) is 12.1 Å². The van der Waals surface area contributed by atoms with Gasteiger partial charge in [-0.3, -0.25) is 4.21 Å². The Kier molecular flexibility index (Phi) is 13.4. The average Bonchev–Trinajstić information content (AvgIpc) is 2.89. The van der Waals surface area contributed by atoms with Gasteiger partial charge in [0.05, 0.1) is 51.4 Å². The fourth-order valence-electron chi connectivity index (χ4n) is 3.60. The zero-order valence-electron chi connectivity index (χ0n) is 22.3. The number of methoxy groups -OCH3 is 1. The van der Waals surface area contributed by atoms with Crippen LogP contribution in [-0.2, 0) is 28.0 Å². The summed E-state index contributed by atoms with van der Waals surface area (Å²) in [6.07, 6.45) is 1.66. The molecule has 0 aromatic heterocycles. The van der Waals surface area contributed by atoms with E-state index in [-0.39, 0.29) is 13.0 Å². The number of hydroxylamine groups is 1. The maximum Gasteiger partial charge on any atom is 0.126 e. The van der Waals surface area contributed by atoms with Crippen molar-refractivity contribution in [1.29, 1.82) is 0 Å². The van der Waals surface area contributed by atoms with E-state index >= 15 is 0 Å². The highest BCUT2D eigenvalue weighted by molar-refractivity contribution is 7.95. The number of hydrogen-bond acceptors (Lipinski definition) is 7. The van der Waals surface area contributed by atoms with Gasteiger partial charge in [0.25, 0.3) is 0 Å². The van der Waals surface area contributed by atoms with Crippen molar-refractivity contribution in [2.45, 2.75) is 55.2 Å². The molecule has 3 atom stereocenters. The summed E-state index contributed by atoms with van der Waals surface area (Å²) in [7, 11) is 0.381. The lowest BCUT2D eigenvalue weighted by atomic mass is 9.91. The first-order valence-electron chi connectivity index (χ1n) is 12.2. The van der Waals surface area contributed by atoms with E-state index in [0.29, 0.717) is 21.9 Å². The summed E-state index contributed by atoms with van der Waals surface area (Å²) in [6.45, 7) is 6.24. The molecule has 38 heavy (non-hydrogen) atoms. The van der Waals surface area contributed by atoms with E-state index in [0.717, 1.165) is 29.4 Å². The standard InChI is InChI=1S/C26H30F2N2O4S2.C2H6/c1-26(31,17-29-16-18-7-6-8-22(13-18)33-2)25(14-19-11-20(27)15-21(28)12-19)30-34-35-23-9-4-5-10-24(23)36(3)32;1-2/h4-13,15,25,29-31H,14,16-17H2,1-3H3;1-2H3/t25-,26?,36?;/m0./s1. The van der Waals surface area contributed by atoms with E-state index < -0.39 is 34.1 Å². The van der Waals surface area contributed by atoms with Crippen LogP contribution in [0.2, 0.25) is 0 Å². The van der Waals surface area contributed by atoms with Crippen LogP contribution in [0.15, 0.2) is 76.5 Å². The number of halogens is 2. The van der Waals surface area contributed by atoms with Crippen LogP contribution in [0.3, 0.4) is 0 Å². The van der Waals surface area contributed by atoms with Crippen LogP contribution < -0.4 is 15.5 Å². The molecule has 0 aliphatic heterocycles. The fourth-order valence-corrected chi connectivity index (χ4v) is 5.22. The molecule has 208 valence electrons. The Morgan fingerprint density at radius 1 is 1.03 bits per heavy atom. The van der Waals surface area contributed by atoms with E-state index in [1.807, 2.05) is 38.1 Å². The lowest BCUT2D eigenvalue weighted by molar-refractivity contribution is -0.0153. The van der Waals surface area contributed by atoms with Crippen LogP contribution in [-0.4, -0.2) is 40.9 Å². The Bertz CT molecular complexity index is 1160. The van der Waals surface area contributed by atoms with Crippen molar-refractivity contribution in [1.82, 2.24) is 10.8 Å². The summed E-state index contributed by atoms with van der Waals surface area (Å²) in [5.74, 6) is -0.671.